The summed E-state index contributed by atoms with van der Waals surface area (Å²) in [7, 11) is 1.76. The molecule has 0 saturated carbocycles. The molecule has 1 amide bonds. The summed E-state index contributed by atoms with van der Waals surface area (Å²) in [6.07, 6.45) is 1.23. The SMILES string of the molecule is Cc1nc2c(c(C)c1CC(=O)N1CC(CN)CC1C)c(=O)[nH]n2C. The van der Waals surface area contributed by atoms with E-state index in [1.165, 1.54) is 0 Å². The van der Waals surface area contributed by atoms with Crippen molar-refractivity contribution in [3.05, 3.63) is 27.2 Å². The lowest BCUT2D eigenvalue weighted by molar-refractivity contribution is -0.131. The van der Waals surface area contributed by atoms with Crippen LogP contribution >= 0.6 is 0 Å². The topological polar surface area (TPSA) is 97.0 Å². The van der Waals surface area contributed by atoms with Gasteiger partial charge >= 0.3 is 0 Å². The number of rotatable bonds is 3. The van der Waals surface area contributed by atoms with Gasteiger partial charge in [0, 0.05) is 25.3 Å². The lowest BCUT2D eigenvalue weighted by Crippen LogP contribution is -2.36. The Labute approximate surface area is 140 Å². The molecule has 130 valence electrons. The van der Waals surface area contributed by atoms with Crippen LogP contribution in [0.2, 0.25) is 0 Å². The van der Waals surface area contributed by atoms with Crippen LogP contribution in [0.5, 0.6) is 0 Å². The summed E-state index contributed by atoms with van der Waals surface area (Å²) in [4.78, 5) is 31.4. The van der Waals surface area contributed by atoms with Crippen LogP contribution in [0, 0.1) is 19.8 Å². The fourth-order valence-corrected chi connectivity index (χ4v) is 3.82. The molecule has 7 heteroatoms. The second-order valence-electron chi connectivity index (χ2n) is 6.91. The molecule has 0 aromatic carbocycles. The summed E-state index contributed by atoms with van der Waals surface area (Å²) < 4.78 is 1.62. The minimum Gasteiger partial charge on any atom is -0.339 e. The normalized spacial score (nSPS) is 21.0. The van der Waals surface area contributed by atoms with Gasteiger partial charge in [-0.15, -0.1) is 0 Å². The predicted molar refractivity (Wildman–Crippen MR) is 92.8 cm³/mol. The quantitative estimate of drug-likeness (QED) is 0.861. The van der Waals surface area contributed by atoms with Crippen LogP contribution in [0.4, 0.5) is 0 Å². The molecule has 0 aliphatic carbocycles. The van der Waals surface area contributed by atoms with Crippen LogP contribution in [0.1, 0.15) is 30.2 Å². The summed E-state index contributed by atoms with van der Waals surface area (Å²) in [5.41, 5.74) is 8.71. The summed E-state index contributed by atoms with van der Waals surface area (Å²) in [6.45, 7) is 7.18. The number of aryl methyl sites for hydroxylation is 3. The third kappa shape index (κ3) is 2.62. The van der Waals surface area contributed by atoms with E-state index in [2.05, 4.69) is 17.0 Å². The highest BCUT2D eigenvalue weighted by atomic mass is 16.2. The van der Waals surface area contributed by atoms with E-state index in [9.17, 15) is 9.59 Å². The van der Waals surface area contributed by atoms with Gasteiger partial charge in [-0.25, -0.2) is 4.98 Å². The minimum atomic E-state index is -0.163. The third-order valence-electron chi connectivity index (χ3n) is 5.22. The number of hydrogen-bond donors (Lipinski definition) is 2. The van der Waals surface area contributed by atoms with Gasteiger partial charge in [-0.05, 0) is 50.8 Å². The van der Waals surface area contributed by atoms with Crippen molar-refractivity contribution < 1.29 is 4.79 Å². The molecule has 1 fully saturated rings. The number of hydrogen-bond acceptors (Lipinski definition) is 4. The van der Waals surface area contributed by atoms with Crippen LogP contribution in [-0.2, 0) is 18.3 Å². The Morgan fingerprint density at radius 2 is 2.12 bits per heavy atom. The molecule has 2 unspecified atom stereocenters. The van der Waals surface area contributed by atoms with Crippen molar-refractivity contribution in [2.45, 2.75) is 39.7 Å². The van der Waals surface area contributed by atoms with Crippen LogP contribution in [0.15, 0.2) is 4.79 Å². The number of carbonyl (C=O) groups is 1. The monoisotopic (exact) mass is 331 g/mol. The second kappa shape index (κ2) is 6.05. The summed E-state index contributed by atoms with van der Waals surface area (Å²) in [6, 6.07) is 0.212. The zero-order chi connectivity index (χ0) is 17.6. The average Bonchev–Trinajstić information content (AvgIpc) is 3.03. The average molecular weight is 331 g/mol. The van der Waals surface area contributed by atoms with E-state index in [0.717, 1.165) is 29.8 Å². The molecule has 3 rings (SSSR count). The maximum Gasteiger partial charge on any atom is 0.273 e. The lowest BCUT2D eigenvalue weighted by atomic mass is 10.0. The predicted octanol–water partition coefficient (Wildman–Crippen LogP) is 0.617. The molecule has 2 atom stereocenters. The number of pyridine rings is 1. The van der Waals surface area contributed by atoms with Crippen LogP contribution < -0.4 is 11.3 Å². The van der Waals surface area contributed by atoms with E-state index in [0.29, 0.717) is 23.5 Å². The molecule has 2 aromatic rings. The smallest absolute Gasteiger partial charge is 0.273 e. The molecule has 1 aliphatic heterocycles. The molecule has 0 bridgehead atoms. The number of likely N-dealkylation sites (tertiary alicyclic amines) is 1. The van der Waals surface area contributed by atoms with Crippen molar-refractivity contribution >= 4 is 16.9 Å². The van der Waals surface area contributed by atoms with Gasteiger partial charge in [0.1, 0.15) is 0 Å². The molecule has 0 spiro atoms. The molecule has 7 nitrogen and oxygen atoms in total. The van der Waals surface area contributed by atoms with Crippen molar-refractivity contribution in [3.8, 4) is 0 Å². The van der Waals surface area contributed by atoms with Crippen molar-refractivity contribution in [2.75, 3.05) is 13.1 Å². The number of carbonyl (C=O) groups excluding carboxylic acids is 1. The van der Waals surface area contributed by atoms with Gasteiger partial charge in [0.2, 0.25) is 5.91 Å². The molecule has 1 saturated heterocycles. The molecule has 0 radical (unpaired) electrons. The fourth-order valence-electron chi connectivity index (χ4n) is 3.82. The number of H-pyrrole nitrogens is 1. The Kier molecular flexibility index (Phi) is 4.21. The summed E-state index contributed by atoms with van der Waals surface area (Å²) >= 11 is 0. The number of aromatic amines is 1. The van der Waals surface area contributed by atoms with E-state index in [1.54, 1.807) is 11.7 Å². The van der Waals surface area contributed by atoms with Crippen molar-refractivity contribution in [3.63, 3.8) is 0 Å². The number of amides is 1. The van der Waals surface area contributed by atoms with Gasteiger partial charge in [-0.2, -0.15) is 0 Å². The van der Waals surface area contributed by atoms with Gasteiger partial charge < -0.3 is 10.6 Å². The van der Waals surface area contributed by atoms with Crippen molar-refractivity contribution in [1.29, 1.82) is 0 Å². The highest BCUT2D eigenvalue weighted by Crippen LogP contribution is 2.25. The fraction of sp³-hybridized carbons (Fsp3) is 0.588. The number of nitrogens with one attached hydrogen (secondary N) is 1. The molecule has 3 N–H and O–H groups in total. The first-order chi connectivity index (χ1) is 11.3. The number of nitrogens with two attached hydrogens (primary N) is 1. The first-order valence-electron chi connectivity index (χ1n) is 8.37. The van der Waals surface area contributed by atoms with E-state index < -0.39 is 0 Å². The number of aromatic nitrogens is 3. The first-order valence-corrected chi connectivity index (χ1v) is 8.37. The Balaban J connectivity index is 1.94. The second-order valence-corrected chi connectivity index (χ2v) is 6.91. The summed E-state index contributed by atoms with van der Waals surface area (Å²) in [5.74, 6) is 0.460. The lowest BCUT2D eigenvalue weighted by Gasteiger charge is -2.22. The molecule has 3 heterocycles. The van der Waals surface area contributed by atoms with Gasteiger partial charge in [0.15, 0.2) is 5.65 Å². The minimum absolute atomic E-state index is 0.0816. The number of nitrogens with zero attached hydrogens (tertiary/aromatic N) is 3. The van der Waals surface area contributed by atoms with Crippen molar-refractivity contribution in [1.82, 2.24) is 19.7 Å². The largest absolute Gasteiger partial charge is 0.339 e. The standard InChI is InChI=1S/C17H25N5O2/c1-9-5-12(7-18)8-22(9)14(23)6-13-10(2)15-16(19-11(13)3)21(4)20-17(15)24/h9,12H,5-8,18H2,1-4H3,(H,20,24). The third-order valence-corrected chi connectivity index (χ3v) is 5.22. The van der Waals surface area contributed by atoms with Gasteiger partial charge in [0.05, 0.1) is 11.8 Å². The maximum atomic E-state index is 12.8. The van der Waals surface area contributed by atoms with Gasteiger partial charge in [-0.1, -0.05) is 0 Å². The zero-order valence-corrected chi connectivity index (χ0v) is 14.7. The molecular weight excluding hydrogens is 306 g/mol. The van der Waals surface area contributed by atoms with Crippen molar-refractivity contribution in [2.24, 2.45) is 18.7 Å². The molecule has 1 aliphatic rings. The highest BCUT2D eigenvalue weighted by molar-refractivity contribution is 5.85. The van der Waals surface area contributed by atoms with E-state index in [4.69, 9.17) is 5.73 Å². The van der Waals surface area contributed by atoms with Gasteiger partial charge in [-0.3, -0.25) is 19.4 Å². The summed E-state index contributed by atoms with van der Waals surface area (Å²) in [5, 5.41) is 3.30. The molecule has 24 heavy (non-hydrogen) atoms. The zero-order valence-electron chi connectivity index (χ0n) is 14.7. The first kappa shape index (κ1) is 16.7. The Hall–Kier alpha value is -2.15. The Bertz CT molecular complexity index is 851. The molecular formula is C17H25N5O2. The Morgan fingerprint density at radius 1 is 1.42 bits per heavy atom. The van der Waals surface area contributed by atoms with E-state index in [-0.39, 0.29) is 23.9 Å². The van der Waals surface area contributed by atoms with E-state index in [1.807, 2.05) is 18.7 Å². The number of fused-ring (bicyclic) bond motifs is 1. The van der Waals surface area contributed by atoms with E-state index >= 15 is 0 Å². The van der Waals surface area contributed by atoms with Gasteiger partial charge in [0.25, 0.3) is 5.56 Å². The highest BCUT2D eigenvalue weighted by Gasteiger charge is 2.32. The Morgan fingerprint density at radius 3 is 2.75 bits per heavy atom. The molecule has 2 aromatic heterocycles. The van der Waals surface area contributed by atoms with Crippen LogP contribution in [0.25, 0.3) is 11.0 Å². The van der Waals surface area contributed by atoms with Crippen LogP contribution in [-0.4, -0.2) is 44.7 Å². The van der Waals surface area contributed by atoms with Crippen LogP contribution in [0.3, 0.4) is 0 Å². The maximum absolute atomic E-state index is 12.8.